The van der Waals surface area contributed by atoms with Gasteiger partial charge in [0.25, 0.3) is 23.4 Å². The van der Waals surface area contributed by atoms with Crippen LogP contribution in [0, 0.1) is 34.8 Å². The van der Waals surface area contributed by atoms with E-state index in [1.54, 1.807) is 24.3 Å². The van der Waals surface area contributed by atoms with Crippen molar-refractivity contribution in [1.29, 1.82) is 0 Å². The van der Waals surface area contributed by atoms with E-state index < -0.39 is 46.8 Å². The number of fused-ring (bicyclic) bond motifs is 1. The summed E-state index contributed by atoms with van der Waals surface area (Å²) >= 11 is 0. The van der Waals surface area contributed by atoms with Crippen LogP contribution in [0.5, 0.6) is 0 Å². The number of Topliss-reactive ketones (excluding diaryl/α,β-unsaturated/α-hetero) is 1. The van der Waals surface area contributed by atoms with Crippen molar-refractivity contribution >= 4 is 29.2 Å². The lowest BCUT2D eigenvalue weighted by Gasteiger charge is -2.30. The first-order chi connectivity index (χ1) is 16.2. The van der Waals surface area contributed by atoms with Gasteiger partial charge in [-0.15, -0.1) is 0 Å². The Bertz CT molecular complexity index is 1160. The molecular weight excluding hydrogens is 438 g/mol. The topological polar surface area (TPSA) is 118 Å². The van der Waals surface area contributed by atoms with Crippen LogP contribution in [0.4, 0.5) is 5.69 Å². The molecule has 2 aromatic rings. The quantitative estimate of drug-likeness (QED) is 0.280. The fourth-order valence-electron chi connectivity index (χ4n) is 4.68. The molecule has 2 aliphatic rings. The lowest BCUT2D eigenvalue weighted by atomic mass is 9.76. The van der Waals surface area contributed by atoms with Gasteiger partial charge in [0, 0.05) is 23.3 Å². The molecule has 0 N–H and O–H groups in total. The molecule has 1 aliphatic carbocycles. The first kappa shape index (κ1) is 23.3. The van der Waals surface area contributed by atoms with Gasteiger partial charge in [0.1, 0.15) is 6.54 Å². The predicted molar refractivity (Wildman–Crippen MR) is 121 cm³/mol. The molecule has 1 saturated carbocycles. The number of hydrazine groups is 1. The van der Waals surface area contributed by atoms with E-state index in [2.05, 4.69) is 0 Å². The minimum atomic E-state index is -0.747. The third kappa shape index (κ3) is 4.33. The Morgan fingerprint density at radius 2 is 1.56 bits per heavy atom. The zero-order valence-electron chi connectivity index (χ0n) is 19.0. The third-order valence-corrected chi connectivity index (χ3v) is 6.63. The van der Waals surface area contributed by atoms with Gasteiger partial charge in [-0.1, -0.05) is 36.8 Å². The van der Waals surface area contributed by atoms with Gasteiger partial charge in [-0.05, 0) is 44.2 Å². The Labute approximate surface area is 196 Å². The molecule has 0 unspecified atom stereocenters. The molecule has 1 aliphatic heterocycles. The molecular formula is C25H25N3O6. The summed E-state index contributed by atoms with van der Waals surface area (Å²) in [7, 11) is 0. The largest absolute Gasteiger partial charge is 0.292 e. The van der Waals surface area contributed by atoms with Gasteiger partial charge >= 0.3 is 0 Å². The van der Waals surface area contributed by atoms with Crippen molar-refractivity contribution in [2.24, 2.45) is 17.8 Å². The van der Waals surface area contributed by atoms with Gasteiger partial charge in [0.15, 0.2) is 5.78 Å². The first-order valence-electron chi connectivity index (χ1n) is 11.2. The fourth-order valence-corrected chi connectivity index (χ4v) is 4.68. The molecule has 0 aromatic heterocycles. The van der Waals surface area contributed by atoms with E-state index >= 15 is 0 Å². The second-order valence-corrected chi connectivity index (χ2v) is 9.08. The number of carbonyl (C=O) groups is 4. The highest BCUT2D eigenvalue weighted by Gasteiger charge is 2.52. The number of hydrogen-bond donors (Lipinski definition) is 0. The number of benzene rings is 2. The zero-order chi connectivity index (χ0) is 24.6. The van der Waals surface area contributed by atoms with Crippen LogP contribution in [0.3, 0.4) is 0 Å². The van der Waals surface area contributed by atoms with Crippen LogP contribution in [0.1, 0.15) is 52.5 Å². The van der Waals surface area contributed by atoms with Crippen LogP contribution in [-0.2, 0) is 9.59 Å². The summed E-state index contributed by atoms with van der Waals surface area (Å²) in [6.07, 6.45) is 1.92. The number of non-ortho nitro benzene ring substituents is 1. The molecule has 9 nitrogen and oxygen atoms in total. The fraction of sp³-hybridized carbons (Fsp3) is 0.360. The van der Waals surface area contributed by atoms with E-state index in [1.807, 2.05) is 13.8 Å². The maximum Gasteiger partial charge on any atom is 0.273 e. The van der Waals surface area contributed by atoms with Crippen LogP contribution < -0.4 is 0 Å². The molecule has 2 fully saturated rings. The highest BCUT2D eigenvalue weighted by atomic mass is 16.6. The normalized spacial score (nSPS) is 21.8. The van der Waals surface area contributed by atoms with Gasteiger partial charge in [0.2, 0.25) is 0 Å². The molecule has 3 atom stereocenters. The number of rotatable bonds is 6. The van der Waals surface area contributed by atoms with E-state index in [0.29, 0.717) is 18.4 Å². The first-order valence-corrected chi connectivity index (χ1v) is 11.2. The Hall–Kier alpha value is -3.88. The predicted octanol–water partition coefficient (Wildman–Crippen LogP) is 3.56. The molecule has 0 radical (unpaired) electrons. The number of nitro benzene ring substituents is 1. The second-order valence-electron chi connectivity index (χ2n) is 9.08. The average Bonchev–Trinajstić information content (AvgIpc) is 3.06. The minimum absolute atomic E-state index is 0.0335. The number of nitrogens with zero attached hydrogens (tertiary/aromatic N) is 3. The Morgan fingerprint density at radius 3 is 2.18 bits per heavy atom. The van der Waals surface area contributed by atoms with E-state index in [0.717, 1.165) is 22.0 Å². The summed E-state index contributed by atoms with van der Waals surface area (Å²) in [5.74, 6) is -2.88. The van der Waals surface area contributed by atoms with Crippen molar-refractivity contribution in [3.05, 3.63) is 75.3 Å². The van der Waals surface area contributed by atoms with Crippen molar-refractivity contribution in [1.82, 2.24) is 10.0 Å². The minimum Gasteiger partial charge on any atom is -0.292 e. The SMILES string of the molecule is Cc1ccc(C(=O)CN(C(=O)c2ccc([N+](=O)[O-])cc2)N2C(=O)[C@@H]3CC[C@@H](C)C[C@H]3C2=O)cc1. The van der Waals surface area contributed by atoms with Gasteiger partial charge in [-0.3, -0.25) is 29.3 Å². The maximum absolute atomic E-state index is 13.5. The van der Waals surface area contributed by atoms with E-state index in [4.69, 9.17) is 0 Å². The number of imide groups is 1. The van der Waals surface area contributed by atoms with Gasteiger partial charge < -0.3 is 0 Å². The smallest absolute Gasteiger partial charge is 0.273 e. The summed E-state index contributed by atoms with van der Waals surface area (Å²) in [6.45, 7) is 3.39. The van der Waals surface area contributed by atoms with Crippen molar-refractivity contribution in [2.75, 3.05) is 6.54 Å². The highest BCUT2D eigenvalue weighted by Crippen LogP contribution is 2.41. The Kier molecular flexibility index (Phi) is 6.28. The Morgan fingerprint density at radius 1 is 0.971 bits per heavy atom. The van der Waals surface area contributed by atoms with Crippen molar-refractivity contribution < 1.29 is 24.1 Å². The lowest BCUT2D eigenvalue weighted by Crippen LogP contribution is -2.52. The second kappa shape index (κ2) is 9.17. The zero-order valence-corrected chi connectivity index (χ0v) is 19.0. The molecule has 0 bridgehead atoms. The molecule has 1 heterocycles. The summed E-state index contributed by atoms with van der Waals surface area (Å²) in [4.78, 5) is 63.4. The van der Waals surface area contributed by atoms with Crippen LogP contribution in [0.15, 0.2) is 48.5 Å². The lowest BCUT2D eigenvalue weighted by molar-refractivity contribution is -0.384. The van der Waals surface area contributed by atoms with Crippen LogP contribution in [0.2, 0.25) is 0 Å². The van der Waals surface area contributed by atoms with Crippen molar-refractivity contribution in [3.63, 3.8) is 0 Å². The molecule has 176 valence electrons. The monoisotopic (exact) mass is 463 g/mol. The molecule has 0 spiro atoms. The van der Waals surface area contributed by atoms with Crippen molar-refractivity contribution in [2.45, 2.75) is 33.1 Å². The molecule has 4 rings (SSSR count). The number of amides is 3. The number of hydrogen-bond acceptors (Lipinski definition) is 6. The van der Waals surface area contributed by atoms with Crippen LogP contribution in [-0.4, -0.2) is 45.0 Å². The number of ketones is 1. The molecule has 9 heteroatoms. The van der Waals surface area contributed by atoms with Gasteiger partial charge in [-0.25, -0.2) is 5.01 Å². The standard InChI is InChI=1S/C25H25N3O6/c1-15-3-6-17(7-4-15)22(29)14-26(23(30)18-8-10-19(11-9-18)28(33)34)27-24(31)20-12-5-16(2)13-21(20)25(27)32/h3-4,6-11,16,20-21H,5,12-14H2,1-2H3/t16-,20-,21-/m1/s1. The summed E-state index contributed by atoms with van der Waals surface area (Å²) < 4.78 is 0. The number of carbonyl (C=O) groups excluding carboxylic acids is 4. The third-order valence-electron chi connectivity index (χ3n) is 6.63. The molecule has 1 saturated heterocycles. The number of aryl methyl sites for hydroxylation is 1. The summed E-state index contributed by atoms with van der Waals surface area (Å²) in [5, 5.41) is 12.7. The molecule has 34 heavy (non-hydrogen) atoms. The summed E-state index contributed by atoms with van der Waals surface area (Å²) in [6, 6.07) is 11.6. The maximum atomic E-state index is 13.5. The summed E-state index contributed by atoms with van der Waals surface area (Å²) in [5.41, 5.74) is 1.13. The van der Waals surface area contributed by atoms with E-state index in [-0.39, 0.29) is 17.2 Å². The van der Waals surface area contributed by atoms with Gasteiger partial charge in [-0.2, -0.15) is 5.01 Å². The molecule has 3 amide bonds. The molecule has 2 aromatic carbocycles. The average molecular weight is 463 g/mol. The Balaban J connectivity index is 1.68. The van der Waals surface area contributed by atoms with Crippen molar-refractivity contribution in [3.8, 4) is 0 Å². The van der Waals surface area contributed by atoms with Gasteiger partial charge in [0.05, 0.1) is 16.8 Å². The number of nitro groups is 1. The van der Waals surface area contributed by atoms with E-state index in [9.17, 15) is 29.3 Å². The van der Waals surface area contributed by atoms with E-state index in [1.165, 1.54) is 24.3 Å². The van der Waals surface area contributed by atoms with Crippen LogP contribution >= 0.6 is 0 Å². The van der Waals surface area contributed by atoms with Crippen LogP contribution in [0.25, 0.3) is 0 Å². The highest BCUT2D eigenvalue weighted by molar-refractivity contribution is 6.09.